The molecule has 0 unspecified atom stereocenters. The Morgan fingerprint density at radius 3 is 2.46 bits per heavy atom. The van der Waals surface area contributed by atoms with Gasteiger partial charge in [-0.25, -0.2) is 0 Å². The monoisotopic (exact) mass is 376 g/mol. The number of carbonyl (C=O) groups excluding carboxylic acids is 1. The van der Waals surface area contributed by atoms with Crippen LogP contribution in [0.15, 0.2) is 42.5 Å². The molecule has 2 aromatic carbocycles. The molecule has 0 fully saturated rings. The van der Waals surface area contributed by atoms with Crippen molar-refractivity contribution in [3.63, 3.8) is 0 Å². The average Bonchev–Trinajstić information content (AvgIpc) is 2.62. The van der Waals surface area contributed by atoms with Gasteiger partial charge < -0.3 is 14.8 Å². The van der Waals surface area contributed by atoms with E-state index in [9.17, 15) is 4.79 Å². The first-order valence-electron chi connectivity index (χ1n) is 8.47. The van der Waals surface area contributed by atoms with Gasteiger partial charge in [0.15, 0.2) is 0 Å². The van der Waals surface area contributed by atoms with Crippen LogP contribution in [-0.4, -0.2) is 45.2 Å². The zero-order valence-corrected chi connectivity index (χ0v) is 16.2. The molecule has 0 heterocycles. The molecular weight excluding hydrogens is 352 g/mol. The van der Waals surface area contributed by atoms with Crippen LogP contribution in [0.3, 0.4) is 0 Å². The Bertz CT molecular complexity index is 722. The maximum atomic E-state index is 12.3. The summed E-state index contributed by atoms with van der Waals surface area (Å²) in [5, 5.41) is 3.26. The molecule has 26 heavy (non-hydrogen) atoms. The fraction of sp³-hybridized carbons (Fsp3) is 0.350. The van der Waals surface area contributed by atoms with Gasteiger partial charge in [0.05, 0.1) is 31.5 Å². The number of methoxy groups -OCH3 is 2. The molecule has 0 radical (unpaired) electrons. The van der Waals surface area contributed by atoms with Gasteiger partial charge in [-0.2, -0.15) is 0 Å². The minimum absolute atomic E-state index is 0.119. The summed E-state index contributed by atoms with van der Waals surface area (Å²) < 4.78 is 10.5. The highest BCUT2D eigenvalue weighted by molar-refractivity contribution is 6.32. The SMILES string of the molecule is COc1cc(OC)c(NC(=O)CN(C)CCCc2ccccc2)cc1Cl. The Morgan fingerprint density at radius 2 is 1.81 bits per heavy atom. The molecule has 0 aromatic heterocycles. The molecule has 1 amide bonds. The number of anilines is 1. The van der Waals surface area contributed by atoms with E-state index in [1.807, 2.05) is 30.1 Å². The number of benzene rings is 2. The number of ether oxygens (including phenoxy) is 2. The number of nitrogens with zero attached hydrogens (tertiary/aromatic N) is 1. The third-order valence-corrected chi connectivity index (χ3v) is 4.31. The molecule has 0 atom stereocenters. The van der Waals surface area contributed by atoms with Gasteiger partial charge in [-0.05, 0) is 38.1 Å². The lowest BCUT2D eigenvalue weighted by Crippen LogP contribution is -2.31. The number of nitrogens with one attached hydrogen (secondary N) is 1. The van der Waals surface area contributed by atoms with E-state index in [1.54, 1.807) is 12.1 Å². The predicted octanol–water partition coefficient (Wildman–Crippen LogP) is 3.86. The normalized spacial score (nSPS) is 10.7. The largest absolute Gasteiger partial charge is 0.495 e. The molecule has 2 aromatic rings. The first kappa shape index (κ1) is 20.1. The lowest BCUT2D eigenvalue weighted by molar-refractivity contribution is -0.117. The number of hydrogen-bond acceptors (Lipinski definition) is 4. The highest BCUT2D eigenvalue weighted by atomic mass is 35.5. The molecule has 0 saturated heterocycles. The van der Waals surface area contributed by atoms with Crippen molar-refractivity contribution >= 4 is 23.2 Å². The van der Waals surface area contributed by atoms with Gasteiger partial charge >= 0.3 is 0 Å². The number of aryl methyl sites for hydroxylation is 1. The Labute approximate surface area is 159 Å². The molecule has 0 saturated carbocycles. The van der Waals surface area contributed by atoms with Crippen LogP contribution in [0, 0.1) is 0 Å². The molecule has 2 rings (SSSR count). The topological polar surface area (TPSA) is 50.8 Å². The molecule has 140 valence electrons. The molecular formula is C20H25ClN2O3. The van der Waals surface area contributed by atoms with E-state index in [1.165, 1.54) is 19.8 Å². The highest BCUT2D eigenvalue weighted by Crippen LogP contribution is 2.35. The van der Waals surface area contributed by atoms with E-state index in [2.05, 4.69) is 17.4 Å². The van der Waals surface area contributed by atoms with Crippen LogP contribution in [0.25, 0.3) is 0 Å². The summed E-state index contributed by atoms with van der Waals surface area (Å²) in [6, 6.07) is 13.6. The van der Waals surface area contributed by atoms with E-state index in [4.69, 9.17) is 21.1 Å². The Hall–Kier alpha value is -2.24. The summed E-state index contributed by atoms with van der Waals surface area (Å²) in [7, 11) is 5.00. The van der Waals surface area contributed by atoms with E-state index in [0.717, 1.165) is 19.4 Å². The standard InChI is InChI=1S/C20H25ClN2O3/c1-23(11-7-10-15-8-5-4-6-9-15)14-20(24)22-17-12-16(21)18(25-2)13-19(17)26-3/h4-6,8-9,12-13H,7,10-11,14H2,1-3H3,(H,22,24). The summed E-state index contributed by atoms with van der Waals surface area (Å²) >= 11 is 6.13. The number of carbonyl (C=O) groups is 1. The first-order chi connectivity index (χ1) is 12.5. The average molecular weight is 377 g/mol. The van der Waals surface area contributed by atoms with Crippen LogP contribution in [0.2, 0.25) is 5.02 Å². The molecule has 0 aliphatic rings. The second-order valence-corrected chi connectivity index (χ2v) is 6.47. The van der Waals surface area contributed by atoms with Gasteiger partial charge in [-0.3, -0.25) is 9.69 Å². The van der Waals surface area contributed by atoms with Crippen molar-refractivity contribution in [2.24, 2.45) is 0 Å². The van der Waals surface area contributed by atoms with Crippen molar-refractivity contribution in [3.05, 3.63) is 53.1 Å². The lowest BCUT2D eigenvalue weighted by atomic mass is 10.1. The summed E-state index contributed by atoms with van der Waals surface area (Å²) in [4.78, 5) is 14.3. The van der Waals surface area contributed by atoms with Crippen molar-refractivity contribution in [2.75, 3.05) is 39.7 Å². The summed E-state index contributed by atoms with van der Waals surface area (Å²) in [5.74, 6) is 0.887. The van der Waals surface area contributed by atoms with Crippen LogP contribution in [0.4, 0.5) is 5.69 Å². The second kappa shape index (κ2) is 10.0. The maximum Gasteiger partial charge on any atom is 0.238 e. The fourth-order valence-corrected chi connectivity index (χ4v) is 2.91. The summed E-state index contributed by atoms with van der Waals surface area (Å²) in [6.45, 7) is 1.13. The van der Waals surface area contributed by atoms with Gasteiger partial charge in [0.25, 0.3) is 0 Å². The molecule has 0 aliphatic heterocycles. The maximum absolute atomic E-state index is 12.3. The van der Waals surface area contributed by atoms with Crippen molar-refractivity contribution in [1.82, 2.24) is 4.90 Å². The fourth-order valence-electron chi connectivity index (χ4n) is 2.67. The number of likely N-dealkylation sites (N-methyl/N-ethyl adjacent to an activating group) is 1. The zero-order chi connectivity index (χ0) is 18.9. The second-order valence-electron chi connectivity index (χ2n) is 6.06. The van der Waals surface area contributed by atoms with E-state index in [-0.39, 0.29) is 5.91 Å². The Morgan fingerprint density at radius 1 is 1.12 bits per heavy atom. The van der Waals surface area contributed by atoms with Crippen molar-refractivity contribution in [3.8, 4) is 11.5 Å². The van der Waals surface area contributed by atoms with Crippen molar-refractivity contribution in [1.29, 1.82) is 0 Å². The minimum atomic E-state index is -0.119. The third-order valence-electron chi connectivity index (χ3n) is 4.01. The smallest absolute Gasteiger partial charge is 0.238 e. The van der Waals surface area contributed by atoms with Crippen molar-refractivity contribution in [2.45, 2.75) is 12.8 Å². The molecule has 1 N–H and O–H groups in total. The highest BCUT2D eigenvalue weighted by Gasteiger charge is 2.13. The van der Waals surface area contributed by atoms with Crippen LogP contribution >= 0.6 is 11.6 Å². The molecule has 6 heteroatoms. The molecule has 0 spiro atoms. The molecule has 5 nitrogen and oxygen atoms in total. The number of hydrogen-bond donors (Lipinski definition) is 1. The molecule has 0 aliphatic carbocycles. The first-order valence-corrected chi connectivity index (χ1v) is 8.85. The number of rotatable bonds is 9. The van der Waals surface area contributed by atoms with E-state index < -0.39 is 0 Å². The zero-order valence-electron chi connectivity index (χ0n) is 15.4. The number of halogens is 1. The Balaban J connectivity index is 1.85. The van der Waals surface area contributed by atoms with E-state index in [0.29, 0.717) is 28.8 Å². The van der Waals surface area contributed by atoms with Gasteiger partial charge in [0.1, 0.15) is 11.5 Å². The van der Waals surface area contributed by atoms with Crippen molar-refractivity contribution < 1.29 is 14.3 Å². The predicted molar refractivity (Wildman–Crippen MR) is 105 cm³/mol. The minimum Gasteiger partial charge on any atom is -0.495 e. The lowest BCUT2D eigenvalue weighted by Gasteiger charge is -2.17. The van der Waals surface area contributed by atoms with Crippen LogP contribution in [-0.2, 0) is 11.2 Å². The van der Waals surface area contributed by atoms with Gasteiger partial charge in [0.2, 0.25) is 5.91 Å². The summed E-state index contributed by atoms with van der Waals surface area (Å²) in [6.07, 6.45) is 1.99. The van der Waals surface area contributed by atoms with Gasteiger partial charge in [0, 0.05) is 6.07 Å². The van der Waals surface area contributed by atoms with Crippen LogP contribution < -0.4 is 14.8 Å². The van der Waals surface area contributed by atoms with Gasteiger partial charge in [-0.15, -0.1) is 0 Å². The van der Waals surface area contributed by atoms with Crippen LogP contribution in [0.1, 0.15) is 12.0 Å². The third kappa shape index (κ3) is 5.93. The number of amides is 1. The van der Waals surface area contributed by atoms with Gasteiger partial charge in [-0.1, -0.05) is 41.9 Å². The van der Waals surface area contributed by atoms with E-state index >= 15 is 0 Å². The quantitative estimate of drug-likeness (QED) is 0.722. The van der Waals surface area contributed by atoms with Crippen LogP contribution in [0.5, 0.6) is 11.5 Å². The summed E-state index contributed by atoms with van der Waals surface area (Å²) in [5.41, 5.74) is 1.84. The molecule has 0 bridgehead atoms. The Kier molecular flexibility index (Phi) is 7.75.